The van der Waals surface area contributed by atoms with Gasteiger partial charge in [0.05, 0.1) is 0 Å². The Bertz CT molecular complexity index is 656. The van der Waals surface area contributed by atoms with Gasteiger partial charge in [-0.3, -0.25) is 0 Å². The van der Waals surface area contributed by atoms with E-state index in [1.165, 1.54) is 5.56 Å². The molecule has 0 spiro atoms. The predicted octanol–water partition coefficient (Wildman–Crippen LogP) is 3.04. The number of imidazole rings is 1. The first-order chi connectivity index (χ1) is 8.88. The summed E-state index contributed by atoms with van der Waals surface area (Å²) in [4.78, 5) is 9.09. The molecule has 0 fully saturated rings. The van der Waals surface area contributed by atoms with E-state index in [1.807, 2.05) is 24.4 Å². The molecule has 3 aromatic rings. The van der Waals surface area contributed by atoms with E-state index in [2.05, 4.69) is 45.7 Å². The highest BCUT2D eigenvalue weighted by Crippen LogP contribution is 2.16. The lowest BCUT2D eigenvalue weighted by Gasteiger charge is -2.05. The van der Waals surface area contributed by atoms with Crippen LogP contribution < -0.4 is 0 Å². The van der Waals surface area contributed by atoms with Crippen LogP contribution in [0.15, 0.2) is 48.7 Å². The molecular weight excluding hydrogens is 222 g/mol. The van der Waals surface area contributed by atoms with Crippen LogP contribution in [-0.4, -0.2) is 14.5 Å². The summed E-state index contributed by atoms with van der Waals surface area (Å²) in [6.45, 7) is 3.03. The van der Waals surface area contributed by atoms with Crippen LogP contribution in [0.2, 0.25) is 0 Å². The number of pyridine rings is 1. The van der Waals surface area contributed by atoms with E-state index in [9.17, 15) is 0 Å². The van der Waals surface area contributed by atoms with E-state index in [0.29, 0.717) is 0 Å². The first-order valence-electron chi connectivity index (χ1n) is 6.22. The summed E-state index contributed by atoms with van der Waals surface area (Å²) in [6, 6.07) is 14.4. The van der Waals surface area contributed by atoms with E-state index >= 15 is 0 Å². The summed E-state index contributed by atoms with van der Waals surface area (Å²) in [5.41, 5.74) is 3.23. The molecule has 0 saturated heterocycles. The highest BCUT2D eigenvalue weighted by atomic mass is 15.1. The third kappa shape index (κ3) is 1.88. The maximum Gasteiger partial charge on any atom is 0.159 e. The van der Waals surface area contributed by atoms with Gasteiger partial charge in [-0.25, -0.2) is 9.97 Å². The summed E-state index contributed by atoms with van der Waals surface area (Å²) < 4.78 is 2.18. The fourth-order valence-corrected chi connectivity index (χ4v) is 2.25. The Morgan fingerprint density at radius 3 is 2.67 bits per heavy atom. The number of rotatable bonds is 3. The highest BCUT2D eigenvalue weighted by molar-refractivity contribution is 5.71. The van der Waals surface area contributed by atoms with Crippen LogP contribution in [0, 0.1) is 0 Å². The van der Waals surface area contributed by atoms with Gasteiger partial charge >= 0.3 is 0 Å². The predicted molar refractivity (Wildman–Crippen MR) is 72.5 cm³/mol. The molecule has 0 N–H and O–H groups in total. The van der Waals surface area contributed by atoms with Gasteiger partial charge in [0.15, 0.2) is 5.65 Å². The second kappa shape index (κ2) is 4.61. The molecule has 3 nitrogen and oxygen atoms in total. The minimum atomic E-state index is 0.852. The maximum atomic E-state index is 4.68. The van der Waals surface area contributed by atoms with Crippen molar-refractivity contribution in [2.24, 2.45) is 0 Å². The van der Waals surface area contributed by atoms with Crippen LogP contribution in [-0.2, 0) is 13.0 Å². The number of hydrogen-bond acceptors (Lipinski definition) is 2. The van der Waals surface area contributed by atoms with Crippen molar-refractivity contribution >= 4 is 11.2 Å². The Morgan fingerprint density at radius 2 is 1.89 bits per heavy atom. The number of fused-ring (bicyclic) bond motifs is 1. The third-order valence-electron chi connectivity index (χ3n) is 3.10. The van der Waals surface area contributed by atoms with E-state index in [4.69, 9.17) is 0 Å². The van der Waals surface area contributed by atoms with Crippen LogP contribution in [0.25, 0.3) is 11.2 Å². The highest BCUT2D eigenvalue weighted by Gasteiger charge is 2.10. The maximum absolute atomic E-state index is 4.68. The van der Waals surface area contributed by atoms with Gasteiger partial charge in [0.2, 0.25) is 0 Å². The molecule has 0 unspecified atom stereocenters. The van der Waals surface area contributed by atoms with Crippen molar-refractivity contribution in [3.05, 3.63) is 60.0 Å². The summed E-state index contributed by atoms with van der Waals surface area (Å²) >= 11 is 0. The fourth-order valence-electron chi connectivity index (χ4n) is 2.25. The van der Waals surface area contributed by atoms with Gasteiger partial charge in [0.1, 0.15) is 11.3 Å². The van der Waals surface area contributed by atoms with Crippen molar-refractivity contribution in [2.45, 2.75) is 19.9 Å². The Hall–Kier alpha value is -2.16. The Balaban J connectivity index is 2.06. The number of hydrogen-bond donors (Lipinski definition) is 0. The summed E-state index contributed by atoms with van der Waals surface area (Å²) in [6.07, 6.45) is 2.67. The third-order valence-corrected chi connectivity index (χ3v) is 3.10. The zero-order valence-corrected chi connectivity index (χ0v) is 10.4. The van der Waals surface area contributed by atoms with Crippen molar-refractivity contribution in [3.8, 4) is 0 Å². The molecule has 1 aromatic carbocycles. The SMILES string of the molecule is CCn1c(Cc2ccccc2)nc2cccnc21. The van der Waals surface area contributed by atoms with Crippen molar-refractivity contribution in [2.75, 3.05) is 0 Å². The van der Waals surface area contributed by atoms with Crippen molar-refractivity contribution < 1.29 is 0 Å². The lowest BCUT2D eigenvalue weighted by Crippen LogP contribution is -2.03. The van der Waals surface area contributed by atoms with Gasteiger partial charge in [-0.05, 0) is 24.6 Å². The first-order valence-corrected chi connectivity index (χ1v) is 6.22. The van der Waals surface area contributed by atoms with Crippen LogP contribution in [0.1, 0.15) is 18.3 Å². The Kier molecular flexibility index (Phi) is 2.81. The van der Waals surface area contributed by atoms with E-state index in [-0.39, 0.29) is 0 Å². The quantitative estimate of drug-likeness (QED) is 0.701. The van der Waals surface area contributed by atoms with Crippen molar-refractivity contribution in [3.63, 3.8) is 0 Å². The molecule has 0 amide bonds. The normalized spacial score (nSPS) is 10.9. The second-order valence-electron chi connectivity index (χ2n) is 4.28. The first kappa shape index (κ1) is 11.0. The van der Waals surface area contributed by atoms with Gasteiger partial charge in [-0.1, -0.05) is 30.3 Å². The van der Waals surface area contributed by atoms with Gasteiger partial charge < -0.3 is 4.57 Å². The molecule has 0 radical (unpaired) electrons. The average Bonchev–Trinajstić information content (AvgIpc) is 2.77. The van der Waals surface area contributed by atoms with Gasteiger partial charge in [0, 0.05) is 19.2 Å². The monoisotopic (exact) mass is 237 g/mol. The fraction of sp³-hybridized carbons (Fsp3) is 0.200. The van der Waals surface area contributed by atoms with Crippen LogP contribution in [0.3, 0.4) is 0 Å². The molecule has 2 aromatic heterocycles. The molecule has 0 saturated carbocycles. The molecule has 3 rings (SSSR count). The number of aryl methyl sites for hydroxylation is 1. The standard InChI is InChI=1S/C15H15N3/c1-2-18-14(11-12-7-4-3-5-8-12)17-13-9-6-10-16-15(13)18/h3-10H,2,11H2,1H3. The number of aromatic nitrogens is 3. The lowest BCUT2D eigenvalue weighted by atomic mass is 10.1. The lowest BCUT2D eigenvalue weighted by molar-refractivity contribution is 0.727. The average molecular weight is 237 g/mol. The Morgan fingerprint density at radius 1 is 1.06 bits per heavy atom. The van der Waals surface area contributed by atoms with Crippen LogP contribution in [0.4, 0.5) is 0 Å². The van der Waals surface area contributed by atoms with E-state index in [1.54, 1.807) is 0 Å². The molecule has 0 aliphatic heterocycles. The molecule has 18 heavy (non-hydrogen) atoms. The molecule has 0 aliphatic carbocycles. The molecule has 90 valence electrons. The minimum absolute atomic E-state index is 0.852. The molecule has 0 bridgehead atoms. The zero-order chi connectivity index (χ0) is 12.4. The van der Waals surface area contributed by atoms with Crippen molar-refractivity contribution in [1.29, 1.82) is 0 Å². The zero-order valence-electron chi connectivity index (χ0n) is 10.4. The number of benzene rings is 1. The number of nitrogens with zero attached hydrogens (tertiary/aromatic N) is 3. The van der Waals surface area contributed by atoms with Gasteiger partial charge in [0.25, 0.3) is 0 Å². The summed E-state index contributed by atoms with van der Waals surface area (Å²) in [5.74, 6) is 1.08. The van der Waals surface area contributed by atoms with Crippen LogP contribution in [0.5, 0.6) is 0 Å². The van der Waals surface area contributed by atoms with Crippen LogP contribution >= 0.6 is 0 Å². The molecule has 3 heteroatoms. The summed E-state index contributed by atoms with van der Waals surface area (Å²) in [7, 11) is 0. The topological polar surface area (TPSA) is 30.7 Å². The van der Waals surface area contributed by atoms with E-state index in [0.717, 1.165) is 30.0 Å². The molecule has 2 heterocycles. The van der Waals surface area contributed by atoms with Gasteiger partial charge in [-0.15, -0.1) is 0 Å². The second-order valence-corrected chi connectivity index (χ2v) is 4.28. The molecule has 0 atom stereocenters. The minimum Gasteiger partial charge on any atom is -0.313 e. The van der Waals surface area contributed by atoms with E-state index < -0.39 is 0 Å². The Labute approximate surface area is 106 Å². The van der Waals surface area contributed by atoms with Crippen molar-refractivity contribution in [1.82, 2.24) is 14.5 Å². The van der Waals surface area contributed by atoms with Gasteiger partial charge in [-0.2, -0.15) is 0 Å². The molecular formula is C15H15N3. The largest absolute Gasteiger partial charge is 0.313 e. The summed E-state index contributed by atoms with van der Waals surface area (Å²) in [5, 5.41) is 0. The smallest absolute Gasteiger partial charge is 0.159 e. The molecule has 0 aliphatic rings.